The van der Waals surface area contributed by atoms with Crippen molar-refractivity contribution in [2.75, 3.05) is 5.32 Å². The zero-order valence-corrected chi connectivity index (χ0v) is 12.5. The summed E-state index contributed by atoms with van der Waals surface area (Å²) >= 11 is 3.57. The number of rotatable bonds is 3. The first kappa shape index (κ1) is 13.1. The van der Waals surface area contributed by atoms with Gasteiger partial charge in [-0.1, -0.05) is 24.3 Å². The Hall–Kier alpha value is -1.35. The maximum Gasteiger partial charge on any atom is 0.141 e. The zero-order chi connectivity index (χ0) is 13.1. The van der Waals surface area contributed by atoms with Crippen molar-refractivity contribution in [2.45, 2.75) is 26.8 Å². The maximum atomic E-state index is 4.38. The van der Waals surface area contributed by atoms with Gasteiger partial charge < -0.3 is 5.32 Å². The standard InChI is InChI=1S/C15H17BrN2/c1-10-6-4-5-7-13(10)12(3)18-15-14(16)11(2)8-9-17-15/h4-9,12H,1-3H3,(H,17,18). The number of nitrogens with zero attached hydrogens (tertiary/aromatic N) is 1. The van der Waals surface area contributed by atoms with Gasteiger partial charge in [-0.15, -0.1) is 0 Å². The molecule has 2 rings (SSSR count). The molecule has 0 fully saturated rings. The lowest BCUT2D eigenvalue weighted by Crippen LogP contribution is -2.10. The van der Waals surface area contributed by atoms with Crippen LogP contribution in [0.3, 0.4) is 0 Å². The van der Waals surface area contributed by atoms with Crippen LogP contribution >= 0.6 is 15.9 Å². The lowest BCUT2D eigenvalue weighted by Gasteiger charge is -2.18. The van der Waals surface area contributed by atoms with Crippen molar-refractivity contribution in [2.24, 2.45) is 0 Å². The van der Waals surface area contributed by atoms with Gasteiger partial charge in [-0.25, -0.2) is 4.98 Å². The molecule has 0 amide bonds. The fourth-order valence-electron chi connectivity index (χ4n) is 2.00. The molecule has 1 N–H and O–H groups in total. The monoisotopic (exact) mass is 304 g/mol. The Morgan fingerprint density at radius 3 is 2.56 bits per heavy atom. The van der Waals surface area contributed by atoms with Gasteiger partial charge in [-0.2, -0.15) is 0 Å². The Morgan fingerprint density at radius 1 is 1.11 bits per heavy atom. The highest BCUT2D eigenvalue weighted by Gasteiger charge is 2.11. The minimum Gasteiger partial charge on any atom is -0.363 e. The molecular formula is C15H17BrN2. The number of aryl methyl sites for hydroxylation is 2. The lowest BCUT2D eigenvalue weighted by atomic mass is 10.0. The van der Waals surface area contributed by atoms with Crippen molar-refractivity contribution in [1.29, 1.82) is 0 Å². The molecule has 94 valence electrons. The van der Waals surface area contributed by atoms with E-state index in [1.54, 1.807) is 0 Å². The first-order valence-corrected chi connectivity index (χ1v) is 6.82. The molecule has 1 atom stereocenters. The summed E-state index contributed by atoms with van der Waals surface area (Å²) in [5.74, 6) is 0.894. The molecular weight excluding hydrogens is 288 g/mol. The van der Waals surface area contributed by atoms with Gasteiger partial charge in [-0.05, 0) is 59.5 Å². The smallest absolute Gasteiger partial charge is 0.141 e. The van der Waals surface area contributed by atoms with E-state index in [0.717, 1.165) is 10.3 Å². The van der Waals surface area contributed by atoms with E-state index in [1.165, 1.54) is 16.7 Å². The molecule has 0 spiro atoms. The number of pyridine rings is 1. The highest BCUT2D eigenvalue weighted by atomic mass is 79.9. The molecule has 0 bridgehead atoms. The Morgan fingerprint density at radius 2 is 1.83 bits per heavy atom. The molecule has 0 aliphatic heterocycles. The van der Waals surface area contributed by atoms with Crippen molar-refractivity contribution in [3.63, 3.8) is 0 Å². The summed E-state index contributed by atoms with van der Waals surface area (Å²) in [6, 6.07) is 10.6. The highest BCUT2D eigenvalue weighted by Crippen LogP contribution is 2.27. The summed E-state index contributed by atoms with van der Waals surface area (Å²) in [7, 11) is 0. The SMILES string of the molecule is Cc1ccccc1C(C)Nc1nccc(C)c1Br. The van der Waals surface area contributed by atoms with Crippen LogP contribution in [0.2, 0.25) is 0 Å². The topological polar surface area (TPSA) is 24.9 Å². The first-order valence-electron chi connectivity index (χ1n) is 6.02. The van der Waals surface area contributed by atoms with E-state index in [9.17, 15) is 0 Å². The summed E-state index contributed by atoms with van der Waals surface area (Å²) < 4.78 is 1.03. The maximum absolute atomic E-state index is 4.38. The van der Waals surface area contributed by atoms with Gasteiger partial charge in [0.15, 0.2) is 0 Å². The second-order valence-electron chi connectivity index (χ2n) is 4.51. The zero-order valence-electron chi connectivity index (χ0n) is 10.9. The number of anilines is 1. The van der Waals surface area contributed by atoms with Crippen LogP contribution in [-0.2, 0) is 0 Å². The molecule has 2 aromatic rings. The third-order valence-electron chi connectivity index (χ3n) is 3.09. The number of aromatic nitrogens is 1. The number of halogens is 1. The molecule has 18 heavy (non-hydrogen) atoms. The van der Waals surface area contributed by atoms with E-state index in [-0.39, 0.29) is 6.04 Å². The molecule has 0 aliphatic carbocycles. The van der Waals surface area contributed by atoms with Gasteiger partial charge in [0.25, 0.3) is 0 Å². The summed E-state index contributed by atoms with van der Waals surface area (Å²) in [5.41, 5.74) is 3.78. The summed E-state index contributed by atoms with van der Waals surface area (Å²) in [5, 5.41) is 3.45. The third-order valence-corrected chi connectivity index (χ3v) is 4.09. The van der Waals surface area contributed by atoms with Crippen LogP contribution < -0.4 is 5.32 Å². The third kappa shape index (κ3) is 2.72. The molecule has 0 aliphatic rings. The van der Waals surface area contributed by atoms with Crippen LogP contribution in [0.4, 0.5) is 5.82 Å². The van der Waals surface area contributed by atoms with Crippen molar-refractivity contribution in [3.05, 3.63) is 57.7 Å². The summed E-state index contributed by atoms with van der Waals surface area (Å²) in [4.78, 5) is 4.38. The molecule has 0 saturated carbocycles. The minimum absolute atomic E-state index is 0.233. The molecule has 1 heterocycles. The molecule has 2 nitrogen and oxygen atoms in total. The second-order valence-corrected chi connectivity index (χ2v) is 5.31. The fraction of sp³-hybridized carbons (Fsp3) is 0.267. The van der Waals surface area contributed by atoms with Crippen LogP contribution in [0.15, 0.2) is 41.0 Å². The largest absolute Gasteiger partial charge is 0.363 e. The van der Waals surface area contributed by atoms with Crippen molar-refractivity contribution >= 4 is 21.7 Å². The molecule has 0 radical (unpaired) electrons. The van der Waals surface area contributed by atoms with Crippen molar-refractivity contribution in [1.82, 2.24) is 4.98 Å². The van der Waals surface area contributed by atoms with Gasteiger partial charge in [0.2, 0.25) is 0 Å². The van der Waals surface area contributed by atoms with E-state index in [2.05, 4.69) is 71.3 Å². The quantitative estimate of drug-likeness (QED) is 0.894. The van der Waals surface area contributed by atoms with Crippen molar-refractivity contribution < 1.29 is 0 Å². The number of nitrogens with one attached hydrogen (secondary N) is 1. The van der Waals surface area contributed by atoms with Crippen LogP contribution in [0, 0.1) is 13.8 Å². The Labute approximate surface area is 117 Å². The molecule has 1 unspecified atom stereocenters. The van der Waals surface area contributed by atoms with Gasteiger partial charge >= 0.3 is 0 Å². The Kier molecular flexibility index (Phi) is 4.02. The molecule has 3 heteroatoms. The molecule has 1 aromatic carbocycles. The van der Waals surface area contributed by atoms with E-state index in [4.69, 9.17) is 0 Å². The fourth-order valence-corrected chi connectivity index (χ4v) is 2.35. The van der Waals surface area contributed by atoms with E-state index in [1.807, 2.05) is 12.3 Å². The van der Waals surface area contributed by atoms with E-state index in [0.29, 0.717) is 0 Å². The molecule has 1 aromatic heterocycles. The van der Waals surface area contributed by atoms with E-state index < -0.39 is 0 Å². The van der Waals surface area contributed by atoms with Gasteiger partial charge in [0, 0.05) is 6.20 Å². The predicted molar refractivity (Wildman–Crippen MR) is 79.9 cm³/mol. The van der Waals surface area contributed by atoms with Gasteiger partial charge in [-0.3, -0.25) is 0 Å². The average molecular weight is 305 g/mol. The number of hydrogen-bond acceptors (Lipinski definition) is 2. The number of benzene rings is 1. The Bertz CT molecular complexity index is 552. The normalized spacial score (nSPS) is 12.2. The average Bonchev–Trinajstić information content (AvgIpc) is 2.35. The van der Waals surface area contributed by atoms with Gasteiger partial charge in [0.1, 0.15) is 5.82 Å². The first-order chi connectivity index (χ1) is 8.59. The summed E-state index contributed by atoms with van der Waals surface area (Å²) in [6.45, 7) is 6.35. The van der Waals surface area contributed by atoms with Crippen LogP contribution in [0.25, 0.3) is 0 Å². The van der Waals surface area contributed by atoms with Crippen LogP contribution in [0.5, 0.6) is 0 Å². The molecule has 0 saturated heterocycles. The summed E-state index contributed by atoms with van der Waals surface area (Å²) in [6.07, 6.45) is 1.83. The Balaban J connectivity index is 2.24. The predicted octanol–water partition coefficient (Wildman–Crippen LogP) is 4.63. The van der Waals surface area contributed by atoms with E-state index >= 15 is 0 Å². The second kappa shape index (κ2) is 5.53. The van der Waals surface area contributed by atoms with Crippen LogP contribution in [0.1, 0.15) is 29.7 Å². The van der Waals surface area contributed by atoms with Crippen LogP contribution in [-0.4, -0.2) is 4.98 Å². The lowest BCUT2D eigenvalue weighted by molar-refractivity contribution is 0.862. The minimum atomic E-state index is 0.233. The van der Waals surface area contributed by atoms with Gasteiger partial charge in [0.05, 0.1) is 10.5 Å². The van der Waals surface area contributed by atoms with Crippen molar-refractivity contribution in [3.8, 4) is 0 Å². The highest BCUT2D eigenvalue weighted by molar-refractivity contribution is 9.10. The number of hydrogen-bond donors (Lipinski definition) is 1.